The number of likely N-dealkylation sites (tertiary alicyclic amines) is 2. The quantitative estimate of drug-likeness (QED) is 0.827. The smallest absolute Gasteiger partial charge is 0.227 e. The third kappa shape index (κ3) is 4.38. The van der Waals surface area contributed by atoms with Gasteiger partial charge in [-0.2, -0.15) is 0 Å². The molecule has 2 aliphatic rings. The molecule has 3 rings (SSSR count). The minimum absolute atomic E-state index is 0.123. The number of amides is 2. The van der Waals surface area contributed by atoms with Crippen LogP contribution in [0.25, 0.3) is 0 Å². The molecule has 2 fully saturated rings. The summed E-state index contributed by atoms with van der Waals surface area (Å²) < 4.78 is 0. The summed E-state index contributed by atoms with van der Waals surface area (Å²) in [5.41, 5.74) is 1.29. The number of aryl methyl sites for hydroxylation is 1. The van der Waals surface area contributed by atoms with E-state index in [0.717, 1.165) is 25.9 Å². The van der Waals surface area contributed by atoms with Crippen LogP contribution in [0.5, 0.6) is 0 Å². The molecule has 0 N–H and O–H groups in total. The molecule has 2 amide bonds. The van der Waals surface area contributed by atoms with Gasteiger partial charge >= 0.3 is 0 Å². The fourth-order valence-corrected chi connectivity index (χ4v) is 4.97. The number of benzene rings is 1. The SMILES string of the molecule is Cc1cccc(SC2CCN(C(=O)C3CC(=O)N(C(C)C)C3)CC2)c1. The van der Waals surface area contributed by atoms with Crippen LogP contribution in [0.3, 0.4) is 0 Å². The summed E-state index contributed by atoms with van der Waals surface area (Å²) >= 11 is 1.93. The minimum atomic E-state index is -0.143. The lowest BCUT2D eigenvalue weighted by atomic mass is 10.0. The third-order valence-corrected chi connectivity index (χ3v) is 6.51. The highest BCUT2D eigenvalue weighted by molar-refractivity contribution is 8.00. The van der Waals surface area contributed by atoms with Crippen LogP contribution in [0.4, 0.5) is 0 Å². The molecular formula is C20H28N2O2S. The van der Waals surface area contributed by atoms with Crippen LogP contribution in [0.15, 0.2) is 29.2 Å². The number of carbonyl (C=O) groups is 2. The average Bonchev–Trinajstić information content (AvgIpc) is 2.97. The van der Waals surface area contributed by atoms with E-state index in [4.69, 9.17) is 0 Å². The van der Waals surface area contributed by atoms with Crippen molar-refractivity contribution < 1.29 is 9.59 Å². The summed E-state index contributed by atoms with van der Waals surface area (Å²) in [6.45, 7) is 8.36. The van der Waals surface area contributed by atoms with E-state index in [9.17, 15) is 9.59 Å². The zero-order valence-electron chi connectivity index (χ0n) is 15.4. The monoisotopic (exact) mass is 360 g/mol. The number of hydrogen-bond acceptors (Lipinski definition) is 3. The molecule has 4 nitrogen and oxygen atoms in total. The predicted molar refractivity (Wildman–Crippen MR) is 102 cm³/mol. The Labute approximate surface area is 154 Å². The molecule has 2 heterocycles. The molecule has 1 unspecified atom stereocenters. The number of thioether (sulfide) groups is 1. The number of carbonyl (C=O) groups excluding carboxylic acids is 2. The lowest BCUT2D eigenvalue weighted by molar-refractivity contribution is -0.136. The van der Waals surface area contributed by atoms with Gasteiger partial charge in [0.15, 0.2) is 0 Å². The van der Waals surface area contributed by atoms with E-state index in [1.165, 1.54) is 10.5 Å². The van der Waals surface area contributed by atoms with Crippen molar-refractivity contribution in [3.8, 4) is 0 Å². The molecule has 0 bridgehead atoms. The van der Waals surface area contributed by atoms with Gasteiger partial charge in [0, 0.05) is 42.2 Å². The first-order valence-corrected chi connectivity index (χ1v) is 10.1. The topological polar surface area (TPSA) is 40.6 Å². The predicted octanol–water partition coefficient (Wildman–Crippen LogP) is 3.34. The van der Waals surface area contributed by atoms with Crippen molar-refractivity contribution in [2.75, 3.05) is 19.6 Å². The maximum Gasteiger partial charge on any atom is 0.227 e. The molecule has 0 aromatic heterocycles. The lowest BCUT2D eigenvalue weighted by Gasteiger charge is -2.33. The number of nitrogens with zero attached hydrogens (tertiary/aromatic N) is 2. The van der Waals surface area contributed by atoms with Gasteiger partial charge in [0.2, 0.25) is 11.8 Å². The Morgan fingerprint density at radius 3 is 2.56 bits per heavy atom. The van der Waals surface area contributed by atoms with E-state index in [1.807, 2.05) is 35.4 Å². The molecule has 0 radical (unpaired) electrons. The van der Waals surface area contributed by atoms with Crippen molar-refractivity contribution >= 4 is 23.6 Å². The van der Waals surface area contributed by atoms with Gasteiger partial charge in [0.1, 0.15) is 0 Å². The van der Waals surface area contributed by atoms with Crippen LogP contribution in [0.1, 0.15) is 38.7 Å². The summed E-state index contributed by atoms with van der Waals surface area (Å²) in [4.78, 5) is 29.9. The Hall–Kier alpha value is -1.49. The van der Waals surface area contributed by atoms with Gasteiger partial charge in [-0.15, -0.1) is 11.8 Å². The van der Waals surface area contributed by atoms with Crippen molar-refractivity contribution in [1.82, 2.24) is 9.80 Å². The Morgan fingerprint density at radius 1 is 1.24 bits per heavy atom. The summed E-state index contributed by atoms with van der Waals surface area (Å²) in [6, 6.07) is 8.80. The van der Waals surface area contributed by atoms with Gasteiger partial charge < -0.3 is 9.80 Å². The number of hydrogen-bond donors (Lipinski definition) is 0. The van der Waals surface area contributed by atoms with Crippen molar-refractivity contribution in [2.45, 2.75) is 56.2 Å². The molecule has 1 atom stereocenters. The van der Waals surface area contributed by atoms with Gasteiger partial charge in [-0.3, -0.25) is 9.59 Å². The molecule has 1 aromatic carbocycles. The van der Waals surface area contributed by atoms with E-state index in [-0.39, 0.29) is 23.8 Å². The van der Waals surface area contributed by atoms with E-state index in [2.05, 4.69) is 31.2 Å². The molecular weight excluding hydrogens is 332 g/mol. The van der Waals surface area contributed by atoms with Crippen molar-refractivity contribution in [3.63, 3.8) is 0 Å². The normalized spacial score (nSPS) is 22.1. The van der Waals surface area contributed by atoms with Crippen LogP contribution in [0, 0.1) is 12.8 Å². The fourth-order valence-electron chi connectivity index (χ4n) is 3.73. The van der Waals surface area contributed by atoms with E-state index in [1.54, 1.807) is 0 Å². The molecule has 136 valence electrons. The van der Waals surface area contributed by atoms with Gasteiger partial charge in [-0.1, -0.05) is 17.7 Å². The van der Waals surface area contributed by atoms with Crippen LogP contribution < -0.4 is 0 Å². The first-order chi connectivity index (χ1) is 11.9. The third-order valence-electron chi connectivity index (χ3n) is 5.18. The van der Waals surface area contributed by atoms with Crippen LogP contribution in [-0.2, 0) is 9.59 Å². The van der Waals surface area contributed by atoms with Crippen LogP contribution in [0.2, 0.25) is 0 Å². The fraction of sp³-hybridized carbons (Fsp3) is 0.600. The maximum absolute atomic E-state index is 12.8. The summed E-state index contributed by atoms with van der Waals surface area (Å²) in [7, 11) is 0. The van der Waals surface area contributed by atoms with Crippen molar-refractivity contribution in [1.29, 1.82) is 0 Å². The van der Waals surface area contributed by atoms with Crippen LogP contribution in [-0.4, -0.2) is 52.5 Å². The largest absolute Gasteiger partial charge is 0.342 e. The standard InChI is InChI=1S/C20H28N2O2S/c1-14(2)22-13-16(12-19(22)23)20(24)21-9-7-17(8-10-21)25-18-6-4-5-15(3)11-18/h4-6,11,14,16-17H,7-10,12-13H2,1-3H3. The Kier molecular flexibility index (Phi) is 5.72. The molecule has 0 spiro atoms. The summed E-state index contributed by atoms with van der Waals surface area (Å²) in [6.07, 6.45) is 2.44. The second-order valence-corrected chi connectivity index (χ2v) is 8.87. The zero-order valence-corrected chi connectivity index (χ0v) is 16.2. The molecule has 2 aliphatic heterocycles. The molecule has 5 heteroatoms. The van der Waals surface area contributed by atoms with Crippen molar-refractivity contribution in [2.24, 2.45) is 5.92 Å². The zero-order chi connectivity index (χ0) is 18.0. The lowest BCUT2D eigenvalue weighted by Crippen LogP contribution is -2.43. The Bertz CT molecular complexity index is 638. The maximum atomic E-state index is 12.8. The minimum Gasteiger partial charge on any atom is -0.342 e. The van der Waals surface area contributed by atoms with Crippen molar-refractivity contribution in [3.05, 3.63) is 29.8 Å². The molecule has 25 heavy (non-hydrogen) atoms. The summed E-state index contributed by atoms with van der Waals surface area (Å²) in [5, 5.41) is 0.572. The van der Waals surface area contributed by atoms with E-state index < -0.39 is 0 Å². The second-order valence-electron chi connectivity index (χ2n) is 7.50. The first-order valence-electron chi connectivity index (χ1n) is 9.25. The first kappa shape index (κ1) is 18.3. The van der Waals surface area contributed by atoms with Gasteiger partial charge in [0.25, 0.3) is 0 Å². The number of rotatable bonds is 4. The average molecular weight is 361 g/mol. The number of piperidine rings is 1. The van der Waals surface area contributed by atoms with Gasteiger partial charge in [-0.25, -0.2) is 0 Å². The van der Waals surface area contributed by atoms with Gasteiger partial charge in [0.05, 0.1) is 5.92 Å². The van der Waals surface area contributed by atoms with Gasteiger partial charge in [-0.05, 0) is 45.7 Å². The Morgan fingerprint density at radius 2 is 1.96 bits per heavy atom. The van der Waals surface area contributed by atoms with E-state index in [0.29, 0.717) is 18.2 Å². The Balaban J connectivity index is 1.50. The highest BCUT2D eigenvalue weighted by Gasteiger charge is 2.38. The second kappa shape index (κ2) is 7.81. The highest BCUT2D eigenvalue weighted by atomic mass is 32.2. The van der Waals surface area contributed by atoms with Crippen LogP contribution >= 0.6 is 11.8 Å². The molecule has 0 saturated carbocycles. The summed E-state index contributed by atoms with van der Waals surface area (Å²) in [5.74, 6) is 0.157. The molecule has 0 aliphatic carbocycles. The van der Waals surface area contributed by atoms with E-state index >= 15 is 0 Å². The molecule has 2 saturated heterocycles. The molecule has 1 aromatic rings. The highest BCUT2D eigenvalue weighted by Crippen LogP contribution is 2.32.